The third-order valence-corrected chi connectivity index (χ3v) is 6.11. The number of rotatable bonds is 12. The first-order valence-electron chi connectivity index (χ1n) is 12.5. The highest BCUT2D eigenvalue weighted by molar-refractivity contribution is 6.33. The number of aromatic nitrogens is 2. The van der Waals surface area contributed by atoms with Crippen LogP contribution in [0.3, 0.4) is 0 Å². The van der Waals surface area contributed by atoms with Crippen molar-refractivity contribution in [1.82, 2.24) is 9.97 Å². The molecular formula is C28H37N5O3. The number of pyridine rings is 2. The lowest BCUT2D eigenvalue weighted by atomic mass is 10.1. The van der Waals surface area contributed by atoms with Gasteiger partial charge < -0.3 is 19.3 Å². The first kappa shape index (κ1) is 26.9. The first-order chi connectivity index (χ1) is 17.5. The van der Waals surface area contributed by atoms with Gasteiger partial charge in [-0.1, -0.05) is 39.3 Å². The van der Waals surface area contributed by atoms with Crippen LogP contribution in [0.4, 0.5) is 11.5 Å². The van der Waals surface area contributed by atoms with Crippen molar-refractivity contribution in [2.75, 3.05) is 43.7 Å². The maximum atomic E-state index is 13.0. The van der Waals surface area contributed by atoms with Gasteiger partial charge in [0.1, 0.15) is 5.82 Å². The number of aliphatic imine (C=N–C) groups is 1. The fourth-order valence-electron chi connectivity index (χ4n) is 4.12. The Morgan fingerprint density at radius 2 is 1.94 bits per heavy atom. The largest absolute Gasteiger partial charge is 0.491 e. The van der Waals surface area contributed by atoms with Crippen LogP contribution in [0, 0.1) is 0 Å². The van der Waals surface area contributed by atoms with Crippen molar-refractivity contribution in [3.63, 3.8) is 0 Å². The molecule has 1 amide bonds. The van der Waals surface area contributed by atoms with Gasteiger partial charge in [0.05, 0.1) is 49.6 Å². The van der Waals surface area contributed by atoms with Crippen LogP contribution in [0.25, 0.3) is 5.70 Å². The number of methoxy groups -OCH3 is 2. The number of unbranched alkanes of at least 4 members (excludes halogenated alkanes) is 2. The number of hydrogen-bond donors (Lipinski definition) is 0. The van der Waals surface area contributed by atoms with Crippen LogP contribution in [0.15, 0.2) is 53.8 Å². The summed E-state index contributed by atoms with van der Waals surface area (Å²) in [6, 6.07) is 5.76. The molecule has 2 aromatic rings. The number of amides is 1. The van der Waals surface area contributed by atoms with E-state index in [1.807, 2.05) is 31.2 Å². The van der Waals surface area contributed by atoms with Crippen molar-refractivity contribution in [3.05, 3.63) is 54.4 Å². The molecule has 1 saturated heterocycles. The molecule has 1 aliphatic heterocycles. The van der Waals surface area contributed by atoms with Crippen molar-refractivity contribution < 1.29 is 14.3 Å². The van der Waals surface area contributed by atoms with Crippen LogP contribution < -0.4 is 19.3 Å². The van der Waals surface area contributed by atoms with Gasteiger partial charge in [-0.2, -0.15) is 0 Å². The molecule has 0 N–H and O–H groups in total. The van der Waals surface area contributed by atoms with E-state index in [-0.39, 0.29) is 5.91 Å². The number of anilines is 2. The summed E-state index contributed by atoms with van der Waals surface area (Å²) in [6.45, 7) is 12.6. The normalized spacial score (nSPS) is 15.1. The van der Waals surface area contributed by atoms with E-state index in [2.05, 4.69) is 35.3 Å². The molecule has 2 aromatic heterocycles. The molecular weight excluding hydrogens is 454 g/mol. The molecule has 0 radical (unpaired) electrons. The highest BCUT2D eigenvalue weighted by Gasteiger charge is 2.32. The number of carbonyl (C=O) groups excluding carboxylic acids is 1. The molecule has 0 aliphatic carbocycles. The smallest absolute Gasteiger partial charge is 0.260 e. The Hall–Kier alpha value is -3.68. The average Bonchev–Trinajstić information content (AvgIpc) is 3.19. The molecule has 0 atom stereocenters. The Morgan fingerprint density at radius 1 is 1.14 bits per heavy atom. The van der Waals surface area contributed by atoms with Gasteiger partial charge in [-0.15, -0.1) is 0 Å². The lowest BCUT2D eigenvalue weighted by Crippen LogP contribution is -2.27. The summed E-state index contributed by atoms with van der Waals surface area (Å²) in [5.41, 5.74) is 3.14. The molecule has 1 aliphatic rings. The molecule has 192 valence electrons. The Morgan fingerprint density at radius 3 is 2.56 bits per heavy atom. The van der Waals surface area contributed by atoms with E-state index < -0.39 is 0 Å². The standard InChI is InChI=1S/C28H37N5O3/c1-7-10-11-15-32(14-8-2)26-13-12-22(18-29-26)33-19-24(20(4)28(33)34)31-23(9-3)21-16-25(35-5)27(36-6)30-17-21/h9,12-13,16-18H,4,7-8,10-11,14-15,19H2,1-3,5-6H3/b23-9-,31-24?. The van der Waals surface area contributed by atoms with Gasteiger partial charge >= 0.3 is 0 Å². The van der Waals surface area contributed by atoms with Crippen molar-refractivity contribution in [2.45, 2.75) is 46.5 Å². The van der Waals surface area contributed by atoms with Gasteiger partial charge in [0.15, 0.2) is 5.75 Å². The number of allylic oxidation sites excluding steroid dienone is 1. The molecule has 8 nitrogen and oxygen atoms in total. The van der Waals surface area contributed by atoms with E-state index >= 15 is 0 Å². The predicted octanol–water partition coefficient (Wildman–Crippen LogP) is 5.31. The van der Waals surface area contributed by atoms with Gasteiger partial charge in [0.25, 0.3) is 11.8 Å². The van der Waals surface area contributed by atoms with E-state index in [1.54, 1.807) is 31.5 Å². The summed E-state index contributed by atoms with van der Waals surface area (Å²) in [5, 5.41) is 0. The second-order valence-corrected chi connectivity index (χ2v) is 8.61. The molecule has 0 spiro atoms. The zero-order chi connectivity index (χ0) is 26.1. The van der Waals surface area contributed by atoms with Gasteiger partial charge in [0, 0.05) is 24.8 Å². The second kappa shape index (κ2) is 12.9. The molecule has 0 saturated carbocycles. The summed E-state index contributed by atoms with van der Waals surface area (Å²) in [7, 11) is 3.10. The number of carbonyl (C=O) groups is 1. The zero-order valence-corrected chi connectivity index (χ0v) is 22.1. The molecule has 8 heteroatoms. The summed E-state index contributed by atoms with van der Waals surface area (Å²) >= 11 is 0. The molecule has 3 rings (SSSR count). The summed E-state index contributed by atoms with van der Waals surface area (Å²) in [4.78, 5) is 30.8. The molecule has 36 heavy (non-hydrogen) atoms. The summed E-state index contributed by atoms with van der Waals surface area (Å²) in [6.07, 6.45) is 9.90. The van der Waals surface area contributed by atoms with Crippen molar-refractivity contribution >= 4 is 28.8 Å². The Labute approximate surface area is 214 Å². The van der Waals surface area contributed by atoms with Gasteiger partial charge in [0.2, 0.25) is 0 Å². The second-order valence-electron chi connectivity index (χ2n) is 8.61. The van der Waals surface area contributed by atoms with E-state index in [1.165, 1.54) is 12.8 Å². The first-order valence-corrected chi connectivity index (χ1v) is 12.5. The molecule has 0 unspecified atom stereocenters. The Balaban J connectivity index is 1.80. The number of hydrogen-bond acceptors (Lipinski definition) is 7. The minimum absolute atomic E-state index is 0.169. The van der Waals surface area contributed by atoms with E-state index in [0.717, 1.165) is 43.0 Å². The topological polar surface area (TPSA) is 80.2 Å². The molecule has 1 fully saturated rings. The van der Waals surface area contributed by atoms with Gasteiger partial charge in [-0.25, -0.2) is 9.97 Å². The molecule has 0 aromatic carbocycles. The van der Waals surface area contributed by atoms with E-state index in [9.17, 15) is 4.79 Å². The van der Waals surface area contributed by atoms with Crippen LogP contribution in [-0.4, -0.2) is 55.4 Å². The van der Waals surface area contributed by atoms with Crippen LogP contribution in [0.1, 0.15) is 52.0 Å². The Kier molecular flexibility index (Phi) is 9.61. The summed E-state index contributed by atoms with van der Waals surface area (Å²) in [5.74, 6) is 1.68. The fourth-order valence-corrected chi connectivity index (χ4v) is 4.12. The lowest BCUT2D eigenvalue weighted by Gasteiger charge is -2.24. The van der Waals surface area contributed by atoms with Crippen molar-refractivity contribution in [1.29, 1.82) is 0 Å². The molecule has 0 bridgehead atoms. The Bertz CT molecular complexity index is 1120. The maximum Gasteiger partial charge on any atom is 0.260 e. The van der Waals surface area contributed by atoms with E-state index in [0.29, 0.717) is 35.2 Å². The number of nitrogens with zero attached hydrogens (tertiary/aromatic N) is 5. The fraction of sp³-hybridized carbons (Fsp3) is 0.429. The lowest BCUT2D eigenvalue weighted by molar-refractivity contribution is -0.114. The highest BCUT2D eigenvalue weighted by Crippen LogP contribution is 2.30. The third kappa shape index (κ3) is 6.11. The summed E-state index contributed by atoms with van der Waals surface area (Å²) < 4.78 is 10.6. The highest BCUT2D eigenvalue weighted by atomic mass is 16.5. The quantitative estimate of drug-likeness (QED) is 0.296. The van der Waals surface area contributed by atoms with Gasteiger partial charge in [-0.05, 0) is 38.0 Å². The van der Waals surface area contributed by atoms with E-state index in [4.69, 9.17) is 14.5 Å². The van der Waals surface area contributed by atoms with Gasteiger partial charge in [-0.3, -0.25) is 9.79 Å². The van der Waals surface area contributed by atoms with Crippen molar-refractivity contribution in [3.8, 4) is 11.6 Å². The zero-order valence-electron chi connectivity index (χ0n) is 22.1. The van der Waals surface area contributed by atoms with Crippen LogP contribution in [0.2, 0.25) is 0 Å². The number of ether oxygens (including phenoxy) is 2. The minimum Gasteiger partial charge on any atom is -0.491 e. The van der Waals surface area contributed by atoms with Crippen molar-refractivity contribution in [2.24, 2.45) is 4.99 Å². The van der Waals surface area contributed by atoms with Crippen LogP contribution in [0.5, 0.6) is 11.6 Å². The maximum absolute atomic E-state index is 13.0. The third-order valence-electron chi connectivity index (χ3n) is 6.11. The monoisotopic (exact) mass is 491 g/mol. The SMILES string of the molecule is C=C1C(=O)N(c2ccc(N(CCC)CCCCC)nc2)CC1=N/C(=C\C)c1cnc(OC)c(OC)c1. The molecule has 3 heterocycles. The van der Waals surface area contributed by atoms with Crippen LogP contribution in [-0.2, 0) is 4.79 Å². The minimum atomic E-state index is -0.169. The van der Waals surface area contributed by atoms with Crippen LogP contribution >= 0.6 is 0 Å². The average molecular weight is 492 g/mol. The predicted molar refractivity (Wildman–Crippen MR) is 146 cm³/mol.